The minimum atomic E-state index is 0.0854. The highest BCUT2D eigenvalue weighted by Gasteiger charge is 2.39. The average Bonchev–Trinajstić information content (AvgIpc) is 2.97. The topological polar surface area (TPSA) is 35.6 Å². The van der Waals surface area contributed by atoms with Crippen LogP contribution in [0.15, 0.2) is 0 Å². The van der Waals surface area contributed by atoms with Crippen LogP contribution in [0.1, 0.15) is 57.8 Å². The van der Waals surface area contributed by atoms with Crippen molar-refractivity contribution in [3.05, 3.63) is 0 Å². The number of likely N-dealkylation sites (N-methyl/N-ethyl adjacent to an activating group) is 1. The molecule has 3 aliphatic rings. The molecule has 0 aromatic carbocycles. The van der Waals surface area contributed by atoms with E-state index in [2.05, 4.69) is 17.3 Å². The van der Waals surface area contributed by atoms with E-state index in [0.717, 1.165) is 25.3 Å². The molecule has 1 N–H and O–H groups in total. The minimum Gasteiger partial charge on any atom is -0.344 e. The van der Waals surface area contributed by atoms with Crippen LogP contribution in [0.2, 0.25) is 0 Å². The van der Waals surface area contributed by atoms with Gasteiger partial charge >= 0.3 is 0 Å². The van der Waals surface area contributed by atoms with Gasteiger partial charge in [-0.3, -0.25) is 4.79 Å². The Hall–Kier alpha value is -0.610. The Bertz CT molecular complexity index is 373. The van der Waals surface area contributed by atoms with Gasteiger partial charge in [-0.1, -0.05) is 19.3 Å². The molecule has 3 fully saturated rings. The maximum absolute atomic E-state index is 12.7. The zero-order valence-electron chi connectivity index (χ0n) is 14.4. The molecule has 2 aliphatic heterocycles. The molecule has 4 atom stereocenters. The van der Waals surface area contributed by atoms with Gasteiger partial charge in [0.25, 0.3) is 0 Å². The van der Waals surface area contributed by atoms with Gasteiger partial charge in [-0.15, -0.1) is 0 Å². The van der Waals surface area contributed by atoms with Crippen LogP contribution in [-0.4, -0.2) is 61.0 Å². The van der Waals surface area contributed by atoms with Crippen molar-refractivity contribution in [3.63, 3.8) is 0 Å². The number of fused-ring (bicyclic) bond motifs is 1. The van der Waals surface area contributed by atoms with Crippen molar-refractivity contribution in [2.45, 2.75) is 75.9 Å². The van der Waals surface area contributed by atoms with Crippen molar-refractivity contribution in [2.24, 2.45) is 5.92 Å². The van der Waals surface area contributed by atoms with E-state index in [4.69, 9.17) is 0 Å². The lowest BCUT2D eigenvalue weighted by molar-refractivity contribution is -0.132. The lowest BCUT2D eigenvalue weighted by Crippen LogP contribution is -2.45. The average molecular weight is 307 g/mol. The molecule has 1 amide bonds. The summed E-state index contributed by atoms with van der Waals surface area (Å²) < 4.78 is 0. The van der Waals surface area contributed by atoms with Gasteiger partial charge in [-0.25, -0.2) is 0 Å². The molecular weight excluding hydrogens is 274 g/mol. The second-order valence-electron chi connectivity index (χ2n) is 7.78. The van der Waals surface area contributed by atoms with Crippen LogP contribution in [0.5, 0.6) is 0 Å². The summed E-state index contributed by atoms with van der Waals surface area (Å²) in [4.78, 5) is 17.2. The molecule has 1 saturated carbocycles. The quantitative estimate of drug-likeness (QED) is 0.865. The number of hydrogen-bond acceptors (Lipinski definition) is 3. The molecule has 3 rings (SSSR count). The number of piperidine rings is 1. The van der Waals surface area contributed by atoms with Crippen molar-refractivity contribution >= 4 is 5.91 Å². The molecule has 0 spiro atoms. The Morgan fingerprint density at radius 3 is 2.73 bits per heavy atom. The number of hydrogen-bond donors (Lipinski definition) is 1. The van der Waals surface area contributed by atoms with Crippen LogP contribution < -0.4 is 5.32 Å². The molecule has 4 heteroatoms. The second-order valence-corrected chi connectivity index (χ2v) is 7.78. The standard InChI is InChI=1S/C18H33N3O/c1-20-11-6-5-8-15(20)10-12-21(2)18(22)17-13-14-7-3-4-9-16(14)19-17/h14-17,19H,3-13H2,1-2H3. The van der Waals surface area contributed by atoms with E-state index in [9.17, 15) is 4.79 Å². The minimum absolute atomic E-state index is 0.0854. The molecular formula is C18H33N3O. The van der Waals surface area contributed by atoms with Gasteiger partial charge in [0.15, 0.2) is 0 Å². The van der Waals surface area contributed by atoms with E-state index < -0.39 is 0 Å². The van der Waals surface area contributed by atoms with E-state index in [1.54, 1.807) is 0 Å². The number of likely N-dealkylation sites (tertiary alicyclic amines) is 1. The fraction of sp³-hybridized carbons (Fsp3) is 0.944. The zero-order chi connectivity index (χ0) is 15.5. The molecule has 126 valence electrons. The summed E-state index contributed by atoms with van der Waals surface area (Å²) in [6, 6.07) is 1.37. The highest BCUT2D eigenvalue weighted by Crippen LogP contribution is 2.33. The van der Waals surface area contributed by atoms with Crippen molar-refractivity contribution in [3.8, 4) is 0 Å². The Kier molecular flexibility index (Phi) is 5.40. The van der Waals surface area contributed by atoms with Gasteiger partial charge in [0.2, 0.25) is 5.91 Å². The summed E-state index contributed by atoms with van der Waals surface area (Å²) in [5.41, 5.74) is 0. The molecule has 0 bridgehead atoms. The number of nitrogens with one attached hydrogen (secondary N) is 1. The fourth-order valence-corrected chi connectivity index (χ4v) is 4.74. The first kappa shape index (κ1) is 16.3. The van der Waals surface area contributed by atoms with Crippen LogP contribution in [0.4, 0.5) is 0 Å². The number of rotatable bonds is 4. The van der Waals surface area contributed by atoms with E-state index in [0.29, 0.717) is 18.0 Å². The van der Waals surface area contributed by atoms with Gasteiger partial charge in [0.1, 0.15) is 0 Å². The van der Waals surface area contributed by atoms with Crippen molar-refractivity contribution in [1.29, 1.82) is 0 Å². The summed E-state index contributed by atoms with van der Waals surface area (Å²) in [7, 11) is 4.23. The molecule has 22 heavy (non-hydrogen) atoms. The highest BCUT2D eigenvalue weighted by molar-refractivity contribution is 5.82. The van der Waals surface area contributed by atoms with Gasteiger partial charge in [0.05, 0.1) is 6.04 Å². The maximum atomic E-state index is 12.7. The summed E-state index contributed by atoms with van der Waals surface area (Å²) >= 11 is 0. The highest BCUT2D eigenvalue weighted by atomic mass is 16.2. The van der Waals surface area contributed by atoms with Gasteiger partial charge < -0.3 is 15.1 Å². The summed E-state index contributed by atoms with van der Waals surface area (Å²) in [5.74, 6) is 1.08. The number of carbonyl (C=O) groups excluding carboxylic acids is 1. The third-order valence-corrected chi connectivity index (χ3v) is 6.26. The molecule has 4 nitrogen and oxygen atoms in total. The normalized spacial score (nSPS) is 36.1. The van der Waals surface area contributed by atoms with Gasteiger partial charge in [0, 0.05) is 25.7 Å². The van der Waals surface area contributed by atoms with Crippen molar-refractivity contribution < 1.29 is 4.79 Å². The SMILES string of the molecule is CN(CCC1CCCCN1C)C(=O)C1CC2CCCCC2N1. The number of amides is 1. The summed E-state index contributed by atoms with van der Waals surface area (Å²) in [6.45, 7) is 2.12. The second kappa shape index (κ2) is 7.31. The lowest BCUT2D eigenvalue weighted by Gasteiger charge is -2.34. The molecule has 2 saturated heterocycles. The third-order valence-electron chi connectivity index (χ3n) is 6.26. The predicted molar refractivity (Wildman–Crippen MR) is 89.8 cm³/mol. The van der Waals surface area contributed by atoms with E-state index >= 15 is 0 Å². The molecule has 4 unspecified atom stereocenters. The molecule has 2 heterocycles. The first-order valence-corrected chi connectivity index (χ1v) is 9.36. The van der Waals surface area contributed by atoms with E-state index in [1.807, 2.05) is 11.9 Å². The summed E-state index contributed by atoms with van der Waals surface area (Å²) in [5, 5.41) is 3.62. The monoisotopic (exact) mass is 307 g/mol. The Balaban J connectivity index is 1.45. The zero-order valence-corrected chi connectivity index (χ0v) is 14.4. The van der Waals surface area contributed by atoms with E-state index in [1.165, 1.54) is 51.5 Å². The molecule has 1 aliphatic carbocycles. The Morgan fingerprint density at radius 1 is 1.18 bits per heavy atom. The Labute approximate surface area is 135 Å². The largest absolute Gasteiger partial charge is 0.344 e. The predicted octanol–water partition coefficient (Wildman–Crippen LogP) is 2.24. The smallest absolute Gasteiger partial charge is 0.239 e. The van der Waals surface area contributed by atoms with Gasteiger partial charge in [-0.2, -0.15) is 0 Å². The van der Waals surface area contributed by atoms with Crippen LogP contribution in [0.3, 0.4) is 0 Å². The van der Waals surface area contributed by atoms with Crippen LogP contribution >= 0.6 is 0 Å². The van der Waals surface area contributed by atoms with Gasteiger partial charge in [-0.05, 0) is 58.0 Å². The molecule has 0 aromatic heterocycles. The van der Waals surface area contributed by atoms with Crippen LogP contribution in [0.25, 0.3) is 0 Å². The van der Waals surface area contributed by atoms with Crippen LogP contribution in [0, 0.1) is 5.92 Å². The van der Waals surface area contributed by atoms with E-state index in [-0.39, 0.29) is 6.04 Å². The lowest BCUT2D eigenvalue weighted by atomic mass is 9.85. The third kappa shape index (κ3) is 3.65. The Morgan fingerprint density at radius 2 is 1.95 bits per heavy atom. The maximum Gasteiger partial charge on any atom is 0.239 e. The molecule has 0 radical (unpaired) electrons. The first-order chi connectivity index (χ1) is 10.6. The first-order valence-electron chi connectivity index (χ1n) is 9.36. The van der Waals surface area contributed by atoms with Crippen molar-refractivity contribution in [1.82, 2.24) is 15.1 Å². The fourth-order valence-electron chi connectivity index (χ4n) is 4.74. The number of nitrogens with zero attached hydrogens (tertiary/aromatic N) is 2. The van der Waals surface area contributed by atoms with Crippen LogP contribution in [-0.2, 0) is 4.79 Å². The summed E-state index contributed by atoms with van der Waals surface area (Å²) in [6.07, 6.45) is 11.4. The molecule has 0 aromatic rings. The number of carbonyl (C=O) groups is 1. The van der Waals surface area contributed by atoms with Crippen molar-refractivity contribution in [2.75, 3.05) is 27.2 Å².